The first kappa shape index (κ1) is 11.9. The highest BCUT2D eigenvalue weighted by molar-refractivity contribution is 5.92. The Hall–Kier alpha value is -0.570. The molecule has 0 aliphatic heterocycles. The molecule has 4 atom stereocenters. The predicted octanol–water partition coefficient (Wildman–Crippen LogP) is 0.889. The first-order valence-electron chi connectivity index (χ1n) is 6.40. The summed E-state index contributed by atoms with van der Waals surface area (Å²) in [6.45, 7) is 8.17. The van der Waals surface area contributed by atoms with E-state index in [1.54, 1.807) is 0 Å². The maximum absolute atomic E-state index is 9.24. The minimum atomic E-state index is 0.402. The Morgan fingerprint density at radius 1 is 1.44 bits per heavy atom. The molecule has 0 heterocycles. The zero-order chi connectivity index (χ0) is 12.1. The Labute approximate surface area is 98.5 Å². The molecule has 0 aromatic rings. The highest BCUT2D eigenvalue weighted by atomic mass is 16.4. The van der Waals surface area contributed by atoms with Crippen molar-refractivity contribution in [2.45, 2.75) is 27.2 Å². The molecular weight excluding hydrogens is 200 g/mol. The highest BCUT2D eigenvalue weighted by Crippen LogP contribution is 2.59. The van der Waals surface area contributed by atoms with E-state index < -0.39 is 0 Å². The van der Waals surface area contributed by atoms with Gasteiger partial charge in [0.15, 0.2) is 0 Å². The molecule has 0 amide bonds. The normalized spacial score (nSPS) is 43.5. The molecule has 2 N–H and O–H groups in total. The van der Waals surface area contributed by atoms with E-state index >= 15 is 0 Å². The van der Waals surface area contributed by atoms with E-state index in [0.29, 0.717) is 29.1 Å². The van der Waals surface area contributed by atoms with Crippen molar-refractivity contribution in [1.82, 2.24) is 0 Å². The Morgan fingerprint density at radius 3 is 2.56 bits per heavy atom. The maximum Gasteiger partial charge on any atom is 0.0852 e. The predicted molar refractivity (Wildman–Crippen MR) is 64.9 cm³/mol. The van der Waals surface area contributed by atoms with Gasteiger partial charge in [-0.25, -0.2) is 0 Å². The molecule has 2 saturated carbocycles. The van der Waals surface area contributed by atoms with Crippen LogP contribution in [0.2, 0.25) is 0 Å². The van der Waals surface area contributed by atoms with Gasteiger partial charge in [-0.15, -0.1) is 0 Å². The van der Waals surface area contributed by atoms with Crippen LogP contribution in [0.4, 0.5) is 0 Å². The van der Waals surface area contributed by atoms with Crippen LogP contribution >= 0.6 is 0 Å². The van der Waals surface area contributed by atoms with Crippen LogP contribution in [0, 0.1) is 29.1 Å². The quantitative estimate of drug-likeness (QED) is 0.531. The number of nitrogens with one attached hydrogen (secondary N) is 1. The summed E-state index contributed by atoms with van der Waals surface area (Å²) in [6.07, 6.45) is 1.23. The van der Waals surface area contributed by atoms with Crippen molar-refractivity contribution in [1.29, 1.82) is 0 Å². The Morgan fingerprint density at radius 2 is 2.06 bits per heavy atom. The average molecular weight is 225 g/mol. The van der Waals surface area contributed by atoms with Gasteiger partial charge in [-0.1, -0.05) is 25.9 Å². The van der Waals surface area contributed by atoms with Crippen molar-refractivity contribution in [2.75, 3.05) is 20.6 Å². The van der Waals surface area contributed by atoms with Crippen molar-refractivity contribution >= 4 is 5.71 Å². The van der Waals surface area contributed by atoms with Gasteiger partial charge in [-0.3, -0.25) is 0 Å². The third-order valence-electron chi connectivity index (χ3n) is 5.23. The smallest absolute Gasteiger partial charge is 0.0852 e. The summed E-state index contributed by atoms with van der Waals surface area (Å²) in [7, 11) is 4.36. The molecule has 0 aromatic heterocycles. The SMILES string of the molecule is C[C@H]1[C@H]2C[C@H]([C@@H](C[NH+](C)C)/C2=N\O)C1(C)C. The molecule has 0 radical (unpaired) electrons. The fourth-order valence-electron chi connectivity index (χ4n) is 4.01. The van der Waals surface area contributed by atoms with E-state index in [2.05, 4.69) is 40.0 Å². The number of nitrogens with zero attached hydrogens (tertiary/aromatic N) is 1. The molecule has 0 saturated heterocycles. The van der Waals surface area contributed by atoms with Gasteiger partial charge in [0.2, 0.25) is 0 Å². The topological polar surface area (TPSA) is 37.0 Å². The van der Waals surface area contributed by atoms with Crippen LogP contribution in [0.3, 0.4) is 0 Å². The Kier molecular flexibility index (Phi) is 2.77. The van der Waals surface area contributed by atoms with Gasteiger partial charge in [-0.2, -0.15) is 0 Å². The molecule has 16 heavy (non-hydrogen) atoms. The summed E-state index contributed by atoms with van der Waals surface area (Å²) < 4.78 is 0. The van der Waals surface area contributed by atoms with E-state index in [0.717, 1.165) is 12.3 Å². The Balaban J connectivity index is 2.27. The van der Waals surface area contributed by atoms with Gasteiger partial charge in [0.1, 0.15) is 0 Å². The van der Waals surface area contributed by atoms with Gasteiger partial charge in [0.05, 0.1) is 32.3 Å². The van der Waals surface area contributed by atoms with Crippen LogP contribution in [-0.2, 0) is 0 Å². The molecular formula is C13H25N2O+. The summed E-state index contributed by atoms with van der Waals surface area (Å²) >= 11 is 0. The number of oxime groups is 1. The third kappa shape index (κ3) is 1.48. The molecule has 2 fully saturated rings. The fraction of sp³-hybridized carbons (Fsp3) is 0.923. The number of hydrogen-bond acceptors (Lipinski definition) is 2. The van der Waals surface area contributed by atoms with E-state index in [1.165, 1.54) is 11.3 Å². The highest BCUT2D eigenvalue weighted by Gasteiger charge is 2.59. The molecule has 0 unspecified atom stereocenters. The van der Waals surface area contributed by atoms with Crippen LogP contribution in [0.5, 0.6) is 0 Å². The number of quaternary nitrogens is 1. The lowest BCUT2D eigenvalue weighted by molar-refractivity contribution is -0.861. The summed E-state index contributed by atoms with van der Waals surface area (Å²) in [5.74, 6) is 2.37. The molecule has 92 valence electrons. The molecule has 2 aliphatic rings. The van der Waals surface area contributed by atoms with Crippen LogP contribution in [0.25, 0.3) is 0 Å². The van der Waals surface area contributed by atoms with Gasteiger partial charge in [0, 0.05) is 5.92 Å². The van der Waals surface area contributed by atoms with Gasteiger partial charge < -0.3 is 10.1 Å². The van der Waals surface area contributed by atoms with E-state index in [1.807, 2.05) is 0 Å². The van der Waals surface area contributed by atoms with E-state index in [-0.39, 0.29) is 0 Å². The molecule has 2 bridgehead atoms. The minimum absolute atomic E-state index is 0.402. The molecule has 0 aromatic carbocycles. The zero-order valence-corrected chi connectivity index (χ0v) is 11.1. The lowest BCUT2D eigenvalue weighted by atomic mass is 9.64. The second-order valence-electron chi connectivity index (χ2n) is 6.60. The van der Waals surface area contributed by atoms with Gasteiger partial charge in [-0.05, 0) is 23.7 Å². The maximum atomic E-state index is 9.24. The molecule has 3 heteroatoms. The summed E-state index contributed by atoms with van der Waals surface area (Å²) in [5, 5.41) is 12.9. The Bertz CT molecular complexity index is 309. The van der Waals surface area contributed by atoms with Gasteiger partial charge in [0.25, 0.3) is 0 Å². The zero-order valence-electron chi connectivity index (χ0n) is 11.1. The van der Waals surface area contributed by atoms with Crippen molar-refractivity contribution in [2.24, 2.45) is 34.2 Å². The van der Waals surface area contributed by atoms with Gasteiger partial charge >= 0.3 is 0 Å². The first-order chi connectivity index (χ1) is 7.39. The minimum Gasteiger partial charge on any atom is -0.411 e. The van der Waals surface area contributed by atoms with Crippen LogP contribution in [0.1, 0.15) is 27.2 Å². The molecule has 0 spiro atoms. The summed E-state index contributed by atoms with van der Waals surface area (Å²) in [4.78, 5) is 1.45. The first-order valence-corrected chi connectivity index (χ1v) is 6.40. The van der Waals surface area contributed by atoms with Crippen molar-refractivity contribution < 1.29 is 10.1 Å². The lowest BCUT2D eigenvalue weighted by Gasteiger charge is -2.40. The van der Waals surface area contributed by atoms with Crippen molar-refractivity contribution in [3.8, 4) is 0 Å². The fourth-order valence-corrected chi connectivity index (χ4v) is 4.01. The van der Waals surface area contributed by atoms with Crippen molar-refractivity contribution in [3.63, 3.8) is 0 Å². The average Bonchev–Trinajstić information content (AvgIpc) is 2.63. The largest absolute Gasteiger partial charge is 0.411 e. The molecule has 3 nitrogen and oxygen atoms in total. The summed E-state index contributed by atoms with van der Waals surface area (Å²) in [5.41, 5.74) is 1.48. The van der Waals surface area contributed by atoms with E-state index in [9.17, 15) is 5.21 Å². The number of hydrogen-bond donors (Lipinski definition) is 2. The standard InChI is InChI=1S/C13H24N2O/c1-8-9-6-11(13(8,2)3)10(7-15(4)5)12(9)14-16/h8-11,16H,6-7H2,1-5H3/p+1/b14-12-/t8-,9+,10+,11+/m0/s1. The molecule has 2 rings (SSSR count). The molecule has 2 aliphatic carbocycles. The number of rotatable bonds is 2. The third-order valence-corrected chi connectivity index (χ3v) is 5.23. The van der Waals surface area contributed by atoms with Crippen molar-refractivity contribution in [3.05, 3.63) is 0 Å². The second kappa shape index (κ2) is 3.73. The number of fused-ring (bicyclic) bond motifs is 2. The van der Waals surface area contributed by atoms with Crippen LogP contribution < -0.4 is 4.90 Å². The lowest BCUT2D eigenvalue weighted by Crippen LogP contribution is -3.06. The van der Waals surface area contributed by atoms with Crippen LogP contribution in [0.15, 0.2) is 5.16 Å². The summed E-state index contributed by atoms with van der Waals surface area (Å²) in [6, 6.07) is 0. The monoisotopic (exact) mass is 225 g/mol. The van der Waals surface area contributed by atoms with E-state index in [4.69, 9.17) is 0 Å². The van der Waals surface area contributed by atoms with Crippen LogP contribution in [-0.4, -0.2) is 31.6 Å². The second-order valence-corrected chi connectivity index (χ2v) is 6.60.